The average molecular weight is 501 g/mol. The maximum atomic E-state index is 12.1. The molecule has 0 saturated carbocycles. The highest BCUT2D eigenvalue weighted by molar-refractivity contribution is 6.35. The van der Waals surface area contributed by atoms with Crippen molar-refractivity contribution in [3.8, 4) is 0 Å². The summed E-state index contributed by atoms with van der Waals surface area (Å²) < 4.78 is 7.30. The number of nitrogens with zero attached hydrogens (tertiary/aromatic N) is 7. The number of morpholine rings is 1. The molecule has 3 aromatic heterocycles. The number of halogens is 1. The van der Waals surface area contributed by atoms with E-state index in [1.807, 2.05) is 10.9 Å². The number of hydrogen-bond acceptors (Lipinski definition) is 9. The van der Waals surface area contributed by atoms with E-state index in [2.05, 4.69) is 47.4 Å². The molecule has 186 valence electrons. The fourth-order valence-corrected chi connectivity index (χ4v) is 4.63. The number of hydrogen-bond donors (Lipinski definition) is 3. The van der Waals surface area contributed by atoms with Gasteiger partial charge in [-0.2, -0.15) is 20.2 Å². The molecule has 0 aromatic carbocycles. The van der Waals surface area contributed by atoms with E-state index < -0.39 is 0 Å². The Hall–Kier alpha value is -3.22. The van der Waals surface area contributed by atoms with E-state index in [1.165, 1.54) is 6.08 Å². The van der Waals surface area contributed by atoms with Gasteiger partial charge in [0.2, 0.25) is 11.9 Å². The lowest BCUT2D eigenvalue weighted by Gasteiger charge is -2.32. The first-order chi connectivity index (χ1) is 17.1. The summed E-state index contributed by atoms with van der Waals surface area (Å²) in [6.07, 6.45) is 6.82. The molecule has 1 unspecified atom stereocenters. The maximum absolute atomic E-state index is 12.1. The van der Waals surface area contributed by atoms with Crippen molar-refractivity contribution in [1.29, 1.82) is 0 Å². The molecule has 3 aromatic rings. The van der Waals surface area contributed by atoms with Crippen LogP contribution in [0, 0.1) is 0 Å². The Morgan fingerprint density at radius 3 is 2.97 bits per heavy atom. The Bertz CT molecular complexity index is 1190. The monoisotopic (exact) mass is 500 g/mol. The summed E-state index contributed by atoms with van der Waals surface area (Å²) in [7, 11) is 0. The van der Waals surface area contributed by atoms with Crippen LogP contribution < -0.4 is 10.6 Å². The summed E-state index contributed by atoms with van der Waals surface area (Å²) in [5, 5.41) is 19.1. The topological polar surface area (TPSA) is 129 Å². The number of nitrogens with one attached hydrogen (secondary N) is 3. The summed E-state index contributed by atoms with van der Waals surface area (Å²) in [6.45, 7) is 10.0. The lowest BCUT2D eigenvalue weighted by molar-refractivity contribution is -0.127. The molecule has 1 atom stereocenters. The van der Waals surface area contributed by atoms with E-state index in [-0.39, 0.29) is 11.9 Å². The van der Waals surface area contributed by atoms with Gasteiger partial charge in [-0.1, -0.05) is 18.2 Å². The van der Waals surface area contributed by atoms with Gasteiger partial charge in [0.25, 0.3) is 0 Å². The molecule has 35 heavy (non-hydrogen) atoms. The molecule has 3 N–H and O–H groups in total. The SMILES string of the molecule is C=CC(=O)N1CCCC(Nc2nc(Nc3cnn(CCN4CCOCC4)c3)nc3n[nH]c(Cl)c23)C1. The Morgan fingerprint density at radius 1 is 1.29 bits per heavy atom. The highest BCUT2D eigenvalue weighted by Crippen LogP contribution is 2.29. The standard InChI is InChI=1S/C22H29ClN10O2/c1-2-17(34)32-5-3-4-15(13-32)25-20-18-19(23)29-30-21(18)28-22(27-20)26-16-12-24-33(14-16)7-6-31-8-10-35-11-9-31/h2,12,14-15H,1,3-11,13H2,(H3,25,26,27,28,29,30). The molecule has 0 spiro atoms. The first-order valence-corrected chi connectivity index (χ1v) is 12.2. The second-order valence-corrected chi connectivity index (χ2v) is 9.05. The molecule has 0 aliphatic carbocycles. The van der Waals surface area contributed by atoms with Crippen molar-refractivity contribution in [2.75, 3.05) is 56.6 Å². The molecule has 0 bridgehead atoms. The second kappa shape index (κ2) is 10.6. The van der Waals surface area contributed by atoms with Crippen LogP contribution in [0.5, 0.6) is 0 Å². The highest BCUT2D eigenvalue weighted by Gasteiger charge is 2.24. The molecule has 5 heterocycles. The fraction of sp³-hybridized carbons (Fsp3) is 0.500. The zero-order chi connectivity index (χ0) is 24.2. The van der Waals surface area contributed by atoms with Crippen molar-refractivity contribution < 1.29 is 9.53 Å². The number of piperidine rings is 1. The molecule has 1 amide bonds. The van der Waals surface area contributed by atoms with E-state index >= 15 is 0 Å². The minimum absolute atomic E-state index is 0.0208. The van der Waals surface area contributed by atoms with Crippen molar-refractivity contribution >= 4 is 46.0 Å². The van der Waals surface area contributed by atoms with E-state index in [4.69, 9.17) is 16.3 Å². The summed E-state index contributed by atoms with van der Waals surface area (Å²) in [6, 6.07) is 0.0208. The Balaban J connectivity index is 1.29. The van der Waals surface area contributed by atoms with E-state index in [9.17, 15) is 4.79 Å². The number of anilines is 3. The first kappa shape index (κ1) is 23.5. The van der Waals surface area contributed by atoms with Crippen molar-refractivity contribution in [2.45, 2.75) is 25.4 Å². The van der Waals surface area contributed by atoms with E-state index in [1.54, 1.807) is 11.1 Å². The Kier molecular flexibility index (Phi) is 7.11. The van der Waals surface area contributed by atoms with E-state index in [0.717, 1.165) is 64.5 Å². The van der Waals surface area contributed by atoms with Gasteiger partial charge in [-0.15, -0.1) is 0 Å². The summed E-state index contributed by atoms with van der Waals surface area (Å²) in [4.78, 5) is 25.4. The summed E-state index contributed by atoms with van der Waals surface area (Å²) in [5.41, 5.74) is 1.23. The van der Waals surface area contributed by atoms with Crippen LogP contribution in [0.15, 0.2) is 25.0 Å². The Morgan fingerprint density at radius 2 is 2.14 bits per heavy atom. The number of aromatic nitrogens is 6. The highest BCUT2D eigenvalue weighted by atomic mass is 35.5. The zero-order valence-electron chi connectivity index (χ0n) is 19.4. The molecule has 0 radical (unpaired) electrons. The molecule has 2 aliphatic rings. The summed E-state index contributed by atoms with van der Waals surface area (Å²) in [5.74, 6) is 0.873. The van der Waals surface area contributed by atoms with Gasteiger partial charge in [0.05, 0.1) is 31.6 Å². The third-order valence-corrected chi connectivity index (χ3v) is 6.53. The number of likely N-dealkylation sites (tertiary alicyclic amines) is 1. The molecule has 2 aliphatic heterocycles. The normalized spacial score (nSPS) is 19.1. The lowest BCUT2D eigenvalue weighted by Crippen LogP contribution is -2.44. The van der Waals surface area contributed by atoms with Crippen LogP contribution in [0.1, 0.15) is 12.8 Å². The molecule has 13 heteroatoms. The van der Waals surface area contributed by atoms with Crippen LogP contribution in [-0.4, -0.2) is 97.6 Å². The van der Waals surface area contributed by atoms with Crippen LogP contribution in [-0.2, 0) is 16.1 Å². The zero-order valence-corrected chi connectivity index (χ0v) is 20.2. The van der Waals surface area contributed by atoms with Gasteiger partial charge >= 0.3 is 0 Å². The van der Waals surface area contributed by atoms with Crippen LogP contribution in [0.3, 0.4) is 0 Å². The number of fused-ring (bicyclic) bond motifs is 1. The maximum Gasteiger partial charge on any atom is 0.246 e. The number of carbonyl (C=O) groups is 1. The first-order valence-electron chi connectivity index (χ1n) is 11.8. The van der Waals surface area contributed by atoms with E-state index in [0.29, 0.717) is 34.5 Å². The largest absolute Gasteiger partial charge is 0.379 e. The lowest BCUT2D eigenvalue weighted by atomic mass is 10.1. The van der Waals surface area contributed by atoms with Gasteiger partial charge in [-0.3, -0.25) is 19.5 Å². The minimum atomic E-state index is -0.0707. The number of H-pyrrole nitrogens is 1. The number of rotatable bonds is 8. The van der Waals surface area contributed by atoms with Crippen LogP contribution in [0.2, 0.25) is 5.15 Å². The van der Waals surface area contributed by atoms with Crippen molar-refractivity contribution in [2.24, 2.45) is 0 Å². The molecule has 12 nitrogen and oxygen atoms in total. The number of aromatic amines is 1. The van der Waals surface area contributed by atoms with Crippen molar-refractivity contribution in [1.82, 2.24) is 39.7 Å². The molecule has 2 saturated heterocycles. The van der Waals surface area contributed by atoms with Crippen LogP contribution in [0.4, 0.5) is 17.5 Å². The predicted molar refractivity (Wildman–Crippen MR) is 133 cm³/mol. The quantitative estimate of drug-likeness (QED) is 0.397. The fourth-order valence-electron chi connectivity index (χ4n) is 4.42. The van der Waals surface area contributed by atoms with Gasteiger partial charge in [0, 0.05) is 45.0 Å². The van der Waals surface area contributed by atoms with Crippen LogP contribution in [0.25, 0.3) is 11.0 Å². The Labute approximate surface area is 207 Å². The third kappa shape index (κ3) is 5.55. The molecule has 5 rings (SSSR count). The molecular weight excluding hydrogens is 472 g/mol. The molecule has 2 fully saturated rings. The number of carbonyl (C=O) groups excluding carboxylic acids is 1. The van der Waals surface area contributed by atoms with Gasteiger partial charge in [0.1, 0.15) is 16.4 Å². The molecular formula is C22H29ClN10O2. The second-order valence-electron chi connectivity index (χ2n) is 8.67. The number of ether oxygens (including phenoxy) is 1. The van der Waals surface area contributed by atoms with Crippen molar-refractivity contribution in [3.05, 3.63) is 30.2 Å². The third-order valence-electron chi connectivity index (χ3n) is 6.26. The smallest absolute Gasteiger partial charge is 0.246 e. The van der Waals surface area contributed by atoms with Gasteiger partial charge in [-0.25, -0.2) is 0 Å². The van der Waals surface area contributed by atoms with Crippen LogP contribution >= 0.6 is 11.6 Å². The average Bonchev–Trinajstić information content (AvgIpc) is 3.49. The predicted octanol–water partition coefficient (Wildman–Crippen LogP) is 1.87. The summed E-state index contributed by atoms with van der Waals surface area (Å²) >= 11 is 6.35. The minimum Gasteiger partial charge on any atom is -0.379 e. The number of amides is 1. The van der Waals surface area contributed by atoms with Gasteiger partial charge in [0.15, 0.2) is 5.65 Å². The van der Waals surface area contributed by atoms with Gasteiger partial charge in [-0.05, 0) is 18.9 Å². The van der Waals surface area contributed by atoms with Crippen molar-refractivity contribution in [3.63, 3.8) is 0 Å². The van der Waals surface area contributed by atoms with Gasteiger partial charge < -0.3 is 20.3 Å².